The number of hydrogen-bond donors (Lipinski definition) is 1. The Kier molecular flexibility index (Phi) is 4.11. The summed E-state index contributed by atoms with van der Waals surface area (Å²) >= 11 is 0. The van der Waals surface area contributed by atoms with E-state index in [4.69, 9.17) is 0 Å². The average molecular weight is 270 g/mol. The van der Waals surface area contributed by atoms with E-state index in [1.54, 1.807) is 0 Å². The number of aromatic nitrogens is 1. The number of benzene rings is 1. The molecule has 1 heterocycles. The molecule has 1 fully saturated rings. The molecular weight excluding hydrogens is 244 g/mol. The third-order valence-corrected chi connectivity index (χ3v) is 4.92. The standard InChI is InChI=1S/C18H26N2/c1-14-16-11-7-8-12-17(16)20(2)18(14)13-19-15-9-5-3-4-6-10-15/h7-8,11-12,15,19H,3-6,9-10,13H2,1-2H3. The molecule has 3 rings (SSSR count). The third-order valence-electron chi connectivity index (χ3n) is 4.92. The number of nitrogens with zero attached hydrogens (tertiary/aromatic N) is 1. The molecule has 0 radical (unpaired) electrons. The zero-order valence-electron chi connectivity index (χ0n) is 12.8. The minimum Gasteiger partial charge on any atom is -0.346 e. The second-order valence-corrected chi connectivity index (χ2v) is 6.22. The minimum atomic E-state index is 0.718. The van der Waals surface area contributed by atoms with Crippen LogP contribution in [0.25, 0.3) is 10.9 Å². The first-order valence-corrected chi connectivity index (χ1v) is 8.03. The molecule has 0 amide bonds. The van der Waals surface area contributed by atoms with E-state index in [1.165, 1.54) is 60.7 Å². The van der Waals surface area contributed by atoms with Gasteiger partial charge in [0.15, 0.2) is 0 Å². The van der Waals surface area contributed by atoms with Crippen LogP contribution >= 0.6 is 0 Å². The first kappa shape index (κ1) is 13.7. The summed E-state index contributed by atoms with van der Waals surface area (Å²) in [5.41, 5.74) is 4.22. The second-order valence-electron chi connectivity index (χ2n) is 6.22. The molecule has 20 heavy (non-hydrogen) atoms. The van der Waals surface area contributed by atoms with Crippen LogP contribution in [-0.2, 0) is 13.6 Å². The van der Waals surface area contributed by atoms with Crippen molar-refractivity contribution in [2.24, 2.45) is 7.05 Å². The van der Waals surface area contributed by atoms with Gasteiger partial charge in [-0.15, -0.1) is 0 Å². The van der Waals surface area contributed by atoms with Crippen molar-refractivity contribution in [2.45, 2.75) is 58.0 Å². The predicted molar refractivity (Wildman–Crippen MR) is 86.0 cm³/mol. The highest BCUT2D eigenvalue weighted by molar-refractivity contribution is 5.85. The van der Waals surface area contributed by atoms with Crippen molar-refractivity contribution in [3.05, 3.63) is 35.5 Å². The van der Waals surface area contributed by atoms with E-state index in [2.05, 4.69) is 48.1 Å². The van der Waals surface area contributed by atoms with E-state index in [1.807, 2.05) is 0 Å². The smallest absolute Gasteiger partial charge is 0.0483 e. The maximum atomic E-state index is 3.80. The second kappa shape index (κ2) is 6.01. The topological polar surface area (TPSA) is 17.0 Å². The first-order chi connectivity index (χ1) is 9.77. The molecule has 1 aliphatic carbocycles. The summed E-state index contributed by atoms with van der Waals surface area (Å²) in [5.74, 6) is 0. The van der Waals surface area contributed by atoms with Gasteiger partial charge in [-0.3, -0.25) is 0 Å². The zero-order valence-corrected chi connectivity index (χ0v) is 12.8. The fraction of sp³-hybridized carbons (Fsp3) is 0.556. The third kappa shape index (κ3) is 2.62. The van der Waals surface area contributed by atoms with E-state index in [0.29, 0.717) is 0 Å². The summed E-state index contributed by atoms with van der Waals surface area (Å²) in [6, 6.07) is 9.44. The number of hydrogen-bond acceptors (Lipinski definition) is 1. The number of para-hydroxylation sites is 1. The molecule has 0 spiro atoms. The van der Waals surface area contributed by atoms with Crippen LogP contribution in [0.15, 0.2) is 24.3 Å². The highest BCUT2D eigenvalue weighted by Crippen LogP contribution is 2.25. The van der Waals surface area contributed by atoms with Crippen LogP contribution in [0.5, 0.6) is 0 Å². The maximum Gasteiger partial charge on any atom is 0.0483 e. The Balaban J connectivity index is 1.77. The van der Waals surface area contributed by atoms with Crippen molar-refractivity contribution in [1.82, 2.24) is 9.88 Å². The van der Waals surface area contributed by atoms with Gasteiger partial charge in [0.05, 0.1) is 0 Å². The van der Waals surface area contributed by atoms with E-state index in [9.17, 15) is 0 Å². The zero-order chi connectivity index (χ0) is 13.9. The number of aryl methyl sites for hydroxylation is 2. The lowest BCUT2D eigenvalue weighted by atomic mass is 10.1. The normalized spacial score (nSPS) is 17.5. The molecule has 1 aromatic heterocycles. The summed E-state index contributed by atoms with van der Waals surface area (Å²) in [4.78, 5) is 0. The van der Waals surface area contributed by atoms with Crippen LogP contribution in [0, 0.1) is 6.92 Å². The van der Waals surface area contributed by atoms with Crippen LogP contribution in [0.1, 0.15) is 49.8 Å². The van der Waals surface area contributed by atoms with Crippen molar-refractivity contribution in [3.63, 3.8) is 0 Å². The van der Waals surface area contributed by atoms with Gasteiger partial charge >= 0.3 is 0 Å². The molecule has 2 aromatic rings. The van der Waals surface area contributed by atoms with Gasteiger partial charge < -0.3 is 9.88 Å². The summed E-state index contributed by atoms with van der Waals surface area (Å²) in [6.07, 6.45) is 8.33. The Morgan fingerprint density at radius 2 is 1.80 bits per heavy atom. The number of rotatable bonds is 3. The lowest BCUT2D eigenvalue weighted by Crippen LogP contribution is -2.28. The van der Waals surface area contributed by atoms with E-state index in [0.717, 1.165) is 12.6 Å². The molecule has 1 N–H and O–H groups in total. The quantitative estimate of drug-likeness (QED) is 0.823. The van der Waals surface area contributed by atoms with Gasteiger partial charge in [-0.25, -0.2) is 0 Å². The molecule has 108 valence electrons. The minimum absolute atomic E-state index is 0.718. The van der Waals surface area contributed by atoms with Crippen molar-refractivity contribution < 1.29 is 0 Å². The summed E-state index contributed by atoms with van der Waals surface area (Å²) in [5, 5.41) is 5.20. The van der Waals surface area contributed by atoms with E-state index >= 15 is 0 Å². The van der Waals surface area contributed by atoms with Crippen molar-refractivity contribution in [3.8, 4) is 0 Å². The van der Waals surface area contributed by atoms with Crippen molar-refractivity contribution in [2.75, 3.05) is 0 Å². The van der Waals surface area contributed by atoms with E-state index < -0.39 is 0 Å². The summed E-state index contributed by atoms with van der Waals surface area (Å²) < 4.78 is 2.36. The van der Waals surface area contributed by atoms with Gasteiger partial charge in [0, 0.05) is 36.2 Å². The Morgan fingerprint density at radius 1 is 1.10 bits per heavy atom. The number of nitrogens with one attached hydrogen (secondary N) is 1. The Morgan fingerprint density at radius 3 is 2.50 bits per heavy atom. The Labute approximate surface area is 122 Å². The monoisotopic (exact) mass is 270 g/mol. The first-order valence-electron chi connectivity index (χ1n) is 8.03. The SMILES string of the molecule is Cc1c(CNC2CCCCCC2)n(C)c2ccccc12. The highest BCUT2D eigenvalue weighted by Gasteiger charge is 2.15. The molecule has 0 atom stereocenters. The molecule has 1 saturated carbocycles. The number of fused-ring (bicyclic) bond motifs is 1. The Bertz CT molecular complexity index is 535. The molecule has 0 bridgehead atoms. The molecular formula is C18H26N2. The van der Waals surface area contributed by atoms with Crippen LogP contribution < -0.4 is 5.32 Å². The van der Waals surface area contributed by atoms with Gasteiger partial charge in [0.2, 0.25) is 0 Å². The largest absolute Gasteiger partial charge is 0.346 e. The van der Waals surface area contributed by atoms with Crippen LogP contribution in [0.2, 0.25) is 0 Å². The molecule has 0 saturated heterocycles. The van der Waals surface area contributed by atoms with Crippen molar-refractivity contribution >= 4 is 10.9 Å². The van der Waals surface area contributed by atoms with Gasteiger partial charge in [-0.05, 0) is 31.4 Å². The van der Waals surface area contributed by atoms with Crippen LogP contribution in [0.4, 0.5) is 0 Å². The molecule has 1 aliphatic rings. The summed E-state index contributed by atoms with van der Waals surface area (Å²) in [7, 11) is 2.19. The van der Waals surface area contributed by atoms with Crippen LogP contribution in [0.3, 0.4) is 0 Å². The highest BCUT2D eigenvalue weighted by atomic mass is 15.0. The molecule has 1 aromatic carbocycles. The van der Waals surface area contributed by atoms with Crippen LogP contribution in [-0.4, -0.2) is 10.6 Å². The molecule has 0 unspecified atom stereocenters. The lowest BCUT2D eigenvalue weighted by Gasteiger charge is -2.17. The Hall–Kier alpha value is -1.28. The fourth-order valence-corrected chi connectivity index (χ4v) is 3.61. The molecule has 2 nitrogen and oxygen atoms in total. The lowest BCUT2D eigenvalue weighted by molar-refractivity contribution is 0.452. The summed E-state index contributed by atoms with van der Waals surface area (Å²) in [6.45, 7) is 3.26. The van der Waals surface area contributed by atoms with Crippen molar-refractivity contribution in [1.29, 1.82) is 0 Å². The average Bonchev–Trinajstić information content (AvgIpc) is 2.68. The maximum absolute atomic E-state index is 3.80. The van der Waals surface area contributed by atoms with Gasteiger partial charge in [0.25, 0.3) is 0 Å². The van der Waals surface area contributed by atoms with Gasteiger partial charge in [0.1, 0.15) is 0 Å². The fourth-order valence-electron chi connectivity index (χ4n) is 3.61. The van der Waals surface area contributed by atoms with Gasteiger partial charge in [-0.2, -0.15) is 0 Å². The molecule has 2 heteroatoms. The van der Waals surface area contributed by atoms with E-state index in [-0.39, 0.29) is 0 Å². The molecule has 0 aliphatic heterocycles. The van der Waals surface area contributed by atoms with Gasteiger partial charge in [-0.1, -0.05) is 43.9 Å². The predicted octanol–water partition coefficient (Wildman–Crippen LogP) is 4.30.